The average molecular weight is 447 g/mol. The van der Waals surface area contributed by atoms with Gasteiger partial charge in [0.05, 0.1) is 24.1 Å². The Hall–Kier alpha value is -3.45. The maximum Gasteiger partial charge on any atom is 0.278 e. The van der Waals surface area contributed by atoms with Gasteiger partial charge in [-0.2, -0.15) is 0 Å². The SMILES string of the molecule is O=c1c(Cc2ccco2)nc2c(-c3ccnc(Br)c3)[nH]c(-c3ccccc3)cn1-2. The predicted octanol–water partition coefficient (Wildman–Crippen LogP) is 4.67. The van der Waals surface area contributed by atoms with Gasteiger partial charge < -0.3 is 9.40 Å². The molecule has 2 aromatic heterocycles. The van der Waals surface area contributed by atoms with E-state index in [1.807, 2.05) is 48.5 Å². The Bertz CT molecular complexity index is 1310. The van der Waals surface area contributed by atoms with Crippen molar-refractivity contribution < 1.29 is 4.42 Å². The first-order chi connectivity index (χ1) is 14.2. The van der Waals surface area contributed by atoms with Crippen LogP contribution in [0, 0.1) is 0 Å². The molecule has 0 fully saturated rings. The van der Waals surface area contributed by atoms with Gasteiger partial charge >= 0.3 is 0 Å². The van der Waals surface area contributed by atoms with Crippen molar-refractivity contribution in [2.24, 2.45) is 0 Å². The normalized spacial score (nSPS) is 11.2. The van der Waals surface area contributed by atoms with Crippen LogP contribution in [-0.2, 0) is 6.42 Å². The summed E-state index contributed by atoms with van der Waals surface area (Å²) in [6.07, 6.45) is 5.44. The van der Waals surface area contributed by atoms with E-state index in [9.17, 15) is 4.79 Å². The van der Waals surface area contributed by atoms with Gasteiger partial charge in [0, 0.05) is 18.0 Å². The smallest absolute Gasteiger partial charge is 0.278 e. The molecule has 0 saturated carbocycles. The van der Waals surface area contributed by atoms with Crippen LogP contribution >= 0.6 is 15.9 Å². The van der Waals surface area contributed by atoms with E-state index in [0.29, 0.717) is 28.3 Å². The van der Waals surface area contributed by atoms with Crippen molar-refractivity contribution in [2.75, 3.05) is 0 Å². The van der Waals surface area contributed by atoms with Gasteiger partial charge in [-0.3, -0.25) is 9.36 Å². The van der Waals surface area contributed by atoms with Crippen LogP contribution in [0.25, 0.3) is 28.3 Å². The molecule has 0 unspecified atom stereocenters. The van der Waals surface area contributed by atoms with Crippen LogP contribution in [0.1, 0.15) is 11.5 Å². The maximum atomic E-state index is 13.1. The van der Waals surface area contributed by atoms with Crippen molar-refractivity contribution in [3.8, 4) is 28.3 Å². The van der Waals surface area contributed by atoms with Crippen molar-refractivity contribution in [1.82, 2.24) is 19.5 Å². The number of fused-ring (bicyclic) bond motifs is 1. The van der Waals surface area contributed by atoms with Gasteiger partial charge in [-0.1, -0.05) is 30.3 Å². The third-order valence-electron chi connectivity index (χ3n) is 4.70. The molecular formula is C22H15BrN4O2. The van der Waals surface area contributed by atoms with Crippen molar-refractivity contribution in [2.45, 2.75) is 6.42 Å². The number of nitrogens with one attached hydrogen (secondary N) is 1. The third-order valence-corrected chi connectivity index (χ3v) is 5.13. The van der Waals surface area contributed by atoms with Crippen molar-refractivity contribution in [3.63, 3.8) is 0 Å². The van der Waals surface area contributed by atoms with Crippen LogP contribution in [0.4, 0.5) is 0 Å². The van der Waals surface area contributed by atoms with E-state index in [1.165, 1.54) is 0 Å². The fourth-order valence-electron chi connectivity index (χ4n) is 3.33. The highest BCUT2D eigenvalue weighted by atomic mass is 79.9. The molecule has 0 atom stereocenters. The van der Waals surface area contributed by atoms with Gasteiger partial charge in [-0.15, -0.1) is 0 Å². The minimum absolute atomic E-state index is 0.156. The molecule has 29 heavy (non-hydrogen) atoms. The average Bonchev–Trinajstić information content (AvgIpc) is 3.37. The number of nitrogens with zero attached hydrogens (tertiary/aromatic N) is 3. The molecule has 0 bridgehead atoms. The summed E-state index contributed by atoms with van der Waals surface area (Å²) in [7, 11) is 0. The monoisotopic (exact) mass is 446 g/mol. The number of H-pyrrole nitrogens is 1. The topological polar surface area (TPSA) is 76.7 Å². The molecule has 0 aliphatic carbocycles. The molecule has 4 heterocycles. The van der Waals surface area contributed by atoms with Crippen molar-refractivity contribution >= 4 is 15.9 Å². The summed E-state index contributed by atoms with van der Waals surface area (Å²) in [6.45, 7) is 0. The second-order valence-electron chi connectivity index (χ2n) is 6.59. The number of aromatic nitrogens is 4. The van der Waals surface area contributed by atoms with Crippen molar-refractivity contribution in [1.29, 1.82) is 0 Å². The lowest BCUT2D eigenvalue weighted by molar-refractivity contribution is 0.519. The molecule has 7 heteroatoms. The van der Waals surface area contributed by atoms with E-state index in [1.54, 1.807) is 29.3 Å². The highest BCUT2D eigenvalue weighted by molar-refractivity contribution is 9.10. The number of benzene rings is 1. The van der Waals surface area contributed by atoms with E-state index < -0.39 is 0 Å². The van der Waals surface area contributed by atoms with E-state index in [4.69, 9.17) is 4.42 Å². The van der Waals surface area contributed by atoms with Crippen LogP contribution in [0.3, 0.4) is 0 Å². The molecular weight excluding hydrogens is 432 g/mol. The predicted molar refractivity (Wildman–Crippen MR) is 113 cm³/mol. The Labute approximate surface area is 174 Å². The quantitative estimate of drug-likeness (QED) is 0.406. The Morgan fingerprint density at radius 3 is 2.69 bits per heavy atom. The molecule has 0 saturated heterocycles. The van der Waals surface area contributed by atoms with Crippen LogP contribution in [0.15, 0.2) is 87.1 Å². The van der Waals surface area contributed by atoms with Crippen LogP contribution in [-0.4, -0.2) is 19.5 Å². The zero-order valence-electron chi connectivity index (χ0n) is 15.2. The Balaban J connectivity index is 1.75. The fraction of sp³-hybridized carbons (Fsp3) is 0.0455. The van der Waals surface area contributed by atoms with E-state index >= 15 is 0 Å². The van der Waals surface area contributed by atoms with Crippen LogP contribution in [0.2, 0.25) is 0 Å². The summed E-state index contributed by atoms with van der Waals surface area (Å²) in [5, 5.41) is 0. The van der Waals surface area contributed by atoms with Gasteiger partial charge in [0.2, 0.25) is 0 Å². The molecule has 0 radical (unpaired) electrons. The van der Waals surface area contributed by atoms with Gasteiger partial charge in [-0.25, -0.2) is 9.97 Å². The van der Waals surface area contributed by atoms with Gasteiger partial charge in [0.1, 0.15) is 16.1 Å². The van der Waals surface area contributed by atoms with Gasteiger partial charge in [0.25, 0.3) is 5.56 Å². The molecule has 6 nitrogen and oxygen atoms in total. The fourth-order valence-corrected chi connectivity index (χ4v) is 3.69. The Kier molecular flexibility index (Phi) is 4.37. The van der Waals surface area contributed by atoms with Crippen LogP contribution < -0.4 is 5.56 Å². The number of hydrogen-bond donors (Lipinski definition) is 1. The standard InChI is InChI=1S/C22H15BrN4O2/c23-19-11-15(8-9-24-19)20-21-26-17(12-16-7-4-10-29-16)22(28)27(21)13-18(25-20)14-5-2-1-3-6-14/h1-11,13,25H,12H2. The Morgan fingerprint density at radius 2 is 1.93 bits per heavy atom. The zero-order chi connectivity index (χ0) is 19.8. The molecule has 0 spiro atoms. The number of pyridine rings is 1. The lowest BCUT2D eigenvalue weighted by Crippen LogP contribution is -2.16. The molecule has 0 amide bonds. The summed E-state index contributed by atoms with van der Waals surface area (Å²) in [5.74, 6) is 1.26. The summed E-state index contributed by atoms with van der Waals surface area (Å²) in [6, 6.07) is 17.3. The molecule has 3 aromatic rings. The minimum Gasteiger partial charge on any atom is -0.469 e. The zero-order valence-corrected chi connectivity index (χ0v) is 16.8. The van der Waals surface area contributed by atoms with E-state index in [2.05, 4.69) is 30.9 Å². The lowest BCUT2D eigenvalue weighted by atomic mass is 10.1. The second kappa shape index (κ2) is 7.18. The molecule has 142 valence electrons. The third kappa shape index (κ3) is 3.30. The summed E-state index contributed by atoms with van der Waals surface area (Å²) >= 11 is 3.42. The first-order valence-corrected chi connectivity index (χ1v) is 9.82. The lowest BCUT2D eigenvalue weighted by Gasteiger charge is -2.13. The molecule has 2 aliphatic rings. The number of hydrogen-bond acceptors (Lipinski definition) is 4. The van der Waals surface area contributed by atoms with Crippen molar-refractivity contribution in [3.05, 3.63) is 99.7 Å². The van der Waals surface area contributed by atoms with Gasteiger partial charge in [0.15, 0.2) is 5.82 Å². The van der Waals surface area contributed by atoms with E-state index in [-0.39, 0.29) is 5.56 Å². The van der Waals surface area contributed by atoms with Crippen LogP contribution in [0.5, 0.6) is 0 Å². The van der Waals surface area contributed by atoms with Gasteiger partial charge in [-0.05, 0) is 45.8 Å². The molecule has 2 aliphatic heterocycles. The molecule has 5 rings (SSSR count). The highest BCUT2D eigenvalue weighted by Crippen LogP contribution is 2.29. The highest BCUT2D eigenvalue weighted by Gasteiger charge is 2.21. The Morgan fingerprint density at radius 1 is 1.07 bits per heavy atom. The summed E-state index contributed by atoms with van der Waals surface area (Å²) in [4.78, 5) is 25.4. The summed E-state index contributed by atoms with van der Waals surface area (Å²) < 4.78 is 7.70. The number of aromatic amines is 1. The minimum atomic E-state index is -0.156. The maximum absolute atomic E-state index is 13.1. The summed E-state index contributed by atoms with van der Waals surface area (Å²) in [5.41, 5.74) is 3.70. The second-order valence-corrected chi connectivity index (χ2v) is 7.40. The molecule has 1 aromatic carbocycles. The number of halogens is 1. The molecule has 1 N–H and O–H groups in total. The first kappa shape index (κ1) is 17.6. The number of furan rings is 1. The number of rotatable bonds is 4. The van der Waals surface area contributed by atoms with E-state index in [0.717, 1.165) is 22.5 Å². The largest absolute Gasteiger partial charge is 0.469 e. The first-order valence-electron chi connectivity index (χ1n) is 9.03. The number of imidazole rings is 1.